The average molecular weight is 354 g/mol. The molecule has 0 bridgehead atoms. The third-order valence-electron chi connectivity index (χ3n) is 4.01. The lowest BCUT2D eigenvalue weighted by Crippen LogP contribution is -2.37. The summed E-state index contributed by atoms with van der Waals surface area (Å²) in [6.45, 7) is 1.37. The van der Waals surface area contributed by atoms with Crippen molar-refractivity contribution in [2.24, 2.45) is 4.99 Å². The van der Waals surface area contributed by atoms with Gasteiger partial charge in [0, 0.05) is 32.7 Å². The molecule has 0 fully saturated rings. The number of hydrogen-bond donors (Lipinski definition) is 3. The van der Waals surface area contributed by atoms with Gasteiger partial charge in [0.2, 0.25) is 0 Å². The third kappa shape index (κ3) is 5.51. The molecule has 0 aliphatic rings. The number of benzene rings is 2. The van der Waals surface area contributed by atoms with Gasteiger partial charge in [0.05, 0.1) is 7.11 Å². The van der Waals surface area contributed by atoms with E-state index < -0.39 is 0 Å². The molecule has 6 heteroatoms. The topological polar surface area (TPSA) is 74.8 Å². The van der Waals surface area contributed by atoms with Crippen molar-refractivity contribution in [1.82, 2.24) is 16.0 Å². The largest absolute Gasteiger partial charge is 0.496 e. The number of amides is 1. The van der Waals surface area contributed by atoms with Crippen LogP contribution in [-0.4, -0.2) is 39.6 Å². The Hall–Kier alpha value is -3.02. The second kappa shape index (κ2) is 10.1. The van der Waals surface area contributed by atoms with Crippen LogP contribution in [-0.2, 0) is 13.0 Å². The Labute approximate surface area is 154 Å². The van der Waals surface area contributed by atoms with E-state index in [2.05, 4.69) is 27.0 Å². The molecule has 0 spiro atoms. The number of carbonyl (C=O) groups excluding carboxylic acids is 1. The van der Waals surface area contributed by atoms with E-state index in [1.807, 2.05) is 42.5 Å². The summed E-state index contributed by atoms with van der Waals surface area (Å²) in [6.07, 6.45) is 0.839. The number of nitrogens with zero attached hydrogens (tertiary/aromatic N) is 1. The Bertz CT molecular complexity index is 742. The maximum atomic E-state index is 11.6. The van der Waals surface area contributed by atoms with Crippen molar-refractivity contribution < 1.29 is 9.53 Å². The number of carbonyl (C=O) groups is 1. The molecule has 2 aromatic carbocycles. The summed E-state index contributed by atoms with van der Waals surface area (Å²) in [7, 11) is 5.05. The summed E-state index contributed by atoms with van der Waals surface area (Å²) < 4.78 is 5.37. The van der Waals surface area contributed by atoms with Gasteiger partial charge in [0.25, 0.3) is 5.91 Å². The number of aliphatic imine (C=N–C) groups is 1. The van der Waals surface area contributed by atoms with Gasteiger partial charge >= 0.3 is 0 Å². The van der Waals surface area contributed by atoms with Gasteiger partial charge in [-0.05, 0) is 35.7 Å². The highest BCUT2D eigenvalue weighted by atomic mass is 16.5. The number of rotatable bonds is 7. The van der Waals surface area contributed by atoms with Crippen LogP contribution in [0.25, 0.3) is 0 Å². The lowest BCUT2D eigenvalue weighted by atomic mass is 10.1. The Balaban J connectivity index is 1.81. The van der Waals surface area contributed by atoms with Gasteiger partial charge in [-0.2, -0.15) is 0 Å². The van der Waals surface area contributed by atoms with E-state index in [4.69, 9.17) is 4.74 Å². The fourth-order valence-corrected chi connectivity index (χ4v) is 2.55. The van der Waals surface area contributed by atoms with Gasteiger partial charge in [-0.15, -0.1) is 0 Å². The molecule has 0 saturated carbocycles. The molecule has 0 heterocycles. The lowest BCUT2D eigenvalue weighted by molar-refractivity contribution is 0.0963. The van der Waals surface area contributed by atoms with Crippen molar-refractivity contribution >= 4 is 11.9 Å². The van der Waals surface area contributed by atoms with E-state index in [1.165, 1.54) is 0 Å². The highest BCUT2D eigenvalue weighted by molar-refractivity contribution is 5.93. The molecule has 6 nitrogen and oxygen atoms in total. The molecular formula is C20H26N4O2. The minimum atomic E-state index is -0.0849. The molecule has 0 aliphatic carbocycles. The molecule has 0 atom stereocenters. The predicted molar refractivity (Wildman–Crippen MR) is 105 cm³/mol. The molecule has 26 heavy (non-hydrogen) atoms. The molecule has 0 radical (unpaired) electrons. The summed E-state index contributed by atoms with van der Waals surface area (Å²) in [4.78, 5) is 15.8. The summed E-state index contributed by atoms with van der Waals surface area (Å²) in [5.74, 6) is 1.54. The zero-order valence-corrected chi connectivity index (χ0v) is 15.5. The van der Waals surface area contributed by atoms with Crippen LogP contribution in [0.5, 0.6) is 5.75 Å². The predicted octanol–water partition coefficient (Wildman–Crippen LogP) is 1.96. The molecule has 0 aromatic heterocycles. The first-order valence-corrected chi connectivity index (χ1v) is 8.55. The average Bonchev–Trinajstić information content (AvgIpc) is 2.70. The van der Waals surface area contributed by atoms with E-state index in [-0.39, 0.29) is 5.91 Å². The van der Waals surface area contributed by atoms with Gasteiger partial charge < -0.3 is 20.7 Å². The lowest BCUT2D eigenvalue weighted by Gasteiger charge is -2.13. The van der Waals surface area contributed by atoms with Crippen LogP contribution in [0.1, 0.15) is 21.5 Å². The maximum Gasteiger partial charge on any atom is 0.251 e. The standard InChI is InChI=1S/C20H26N4O2/c1-21-19(25)17-10-8-15(9-11-17)14-24-20(22-2)23-13-12-16-6-4-5-7-18(16)26-3/h4-11H,12-14H2,1-3H3,(H,21,25)(H2,22,23,24). The van der Waals surface area contributed by atoms with Gasteiger partial charge in [-0.1, -0.05) is 30.3 Å². The number of nitrogens with one attached hydrogen (secondary N) is 3. The number of methoxy groups -OCH3 is 1. The van der Waals surface area contributed by atoms with Crippen molar-refractivity contribution in [3.63, 3.8) is 0 Å². The molecule has 1 amide bonds. The Kier molecular flexibility index (Phi) is 7.49. The van der Waals surface area contributed by atoms with Gasteiger partial charge in [-0.3, -0.25) is 9.79 Å². The van der Waals surface area contributed by atoms with Crippen molar-refractivity contribution in [3.05, 3.63) is 65.2 Å². The summed E-state index contributed by atoms with van der Waals surface area (Å²) in [5, 5.41) is 9.18. The van der Waals surface area contributed by atoms with Crippen LogP contribution >= 0.6 is 0 Å². The molecule has 2 rings (SSSR count). The Morgan fingerprint density at radius 1 is 1.08 bits per heavy atom. The molecule has 0 aliphatic heterocycles. The van der Waals surface area contributed by atoms with Gasteiger partial charge in [0.1, 0.15) is 5.75 Å². The molecule has 0 saturated heterocycles. The molecule has 0 unspecified atom stereocenters. The van der Waals surface area contributed by atoms with Crippen molar-refractivity contribution in [2.75, 3.05) is 27.7 Å². The van der Waals surface area contributed by atoms with Crippen LogP contribution in [0.15, 0.2) is 53.5 Å². The minimum Gasteiger partial charge on any atom is -0.496 e. The van der Waals surface area contributed by atoms with Crippen molar-refractivity contribution in [3.8, 4) is 5.75 Å². The zero-order valence-electron chi connectivity index (χ0n) is 15.5. The van der Waals surface area contributed by atoms with E-state index in [1.54, 1.807) is 21.2 Å². The fraction of sp³-hybridized carbons (Fsp3) is 0.300. The number of ether oxygens (including phenoxy) is 1. The van der Waals surface area contributed by atoms with Crippen LogP contribution in [0, 0.1) is 0 Å². The Morgan fingerprint density at radius 3 is 2.46 bits per heavy atom. The van der Waals surface area contributed by atoms with Crippen LogP contribution < -0.4 is 20.7 Å². The zero-order chi connectivity index (χ0) is 18.8. The van der Waals surface area contributed by atoms with E-state index >= 15 is 0 Å². The second-order valence-electron chi connectivity index (χ2n) is 5.69. The van der Waals surface area contributed by atoms with Crippen molar-refractivity contribution in [1.29, 1.82) is 0 Å². The summed E-state index contributed by atoms with van der Waals surface area (Å²) in [6, 6.07) is 15.5. The molecule has 2 aromatic rings. The van der Waals surface area contributed by atoms with Gasteiger partial charge in [0.15, 0.2) is 5.96 Å². The SMILES string of the molecule is CN=C(NCCc1ccccc1OC)NCc1ccc(C(=O)NC)cc1. The number of para-hydroxylation sites is 1. The second-order valence-corrected chi connectivity index (χ2v) is 5.69. The van der Waals surface area contributed by atoms with E-state index in [0.29, 0.717) is 12.1 Å². The monoisotopic (exact) mass is 354 g/mol. The maximum absolute atomic E-state index is 11.6. The highest BCUT2D eigenvalue weighted by Gasteiger charge is 2.04. The molecule has 138 valence electrons. The number of guanidine groups is 1. The quantitative estimate of drug-likeness (QED) is 0.525. The first-order valence-electron chi connectivity index (χ1n) is 8.55. The van der Waals surface area contributed by atoms with Gasteiger partial charge in [-0.25, -0.2) is 0 Å². The van der Waals surface area contributed by atoms with Crippen LogP contribution in [0.2, 0.25) is 0 Å². The first-order chi connectivity index (χ1) is 12.7. The fourth-order valence-electron chi connectivity index (χ4n) is 2.55. The van der Waals surface area contributed by atoms with Crippen LogP contribution in [0.4, 0.5) is 0 Å². The third-order valence-corrected chi connectivity index (χ3v) is 4.01. The minimum absolute atomic E-state index is 0.0849. The highest BCUT2D eigenvalue weighted by Crippen LogP contribution is 2.17. The van der Waals surface area contributed by atoms with Crippen molar-refractivity contribution in [2.45, 2.75) is 13.0 Å². The van der Waals surface area contributed by atoms with E-state index in [9.17, 15) is 4.79 Å². The van der Waals surface area contributed by atoms with Crippen LogP contribution in [0.3, 0.4) is 0 Å². The summed E-state index contributed by atoms with van der Waals surface area (Å²) in [5.41, 5.74) is 2.88. The smallest absolute Gasteiger partial charge is 0.251 e. The van der Waals surface area contributed by atoms with E-state index in [0.717, 1.165) is 35.8 Å². The number of hydrogen-bond acceptors (Lipinski definition) is 3. The summed E-state index contributed by atoms with van der Waals surface area (Å²) >= 11 is 0. The molecule has 3 N–H and O–H groups in total. The molecular weight excluding hydrogens is 328 g/mol. The first kappa shape index (κ1) is 19.3. The Morgan fingerprint density at radius 2 is 1.81 bits per heavy atom. The normalized spacial score (nSPS) is 11.0.